The van der Waals surface area contributed by atoms with E-state index >= 15 is 0 Å². The van der Waals surface area contributed by atoms with Gasteiger partial charge < -0.3 is 10.2 Å². The van der Waals surface area contributed by atoms with Gasteiger partial charge in [-0.3, -0.25) is 0 Å². The Morgan fingerprint density at radius 3 is 1.50 bits per heavy atom. The van der Waals surface area contributed by atoms with E-state index in [1.807, 2.05) is 38.1 Å². The second kappa shape index (κ2) is 6.69. The summed E-state index contributed by atoms with van der Waals surface area (Å²) in [4.78, 5) is 0. The van der Waals surface area contributed by atoms with Crippen molar-refractivity contribution in [1.29, 1.82) is 0 Å². The Labute approximate surface area is 120 Å². The molecular formula is C18H22O2. The molecule has 2 heteroatoms. The molecule has 0 aliphatic heterocycles. The van der Waals surface area contributed by atoms with Crippen LogP contribution < -0.4 is 0 Å². The standard InChI is InChI=1S/C18H22O2/c1-13(11-19)15-5-3-7-17(9-15)18-8-4-6-16(10-18)14(2)12-20/h3-10,13-14,19-20H,11-12H2,1-2H3. The fourth-order valence-corrected chi connectivity index (χ4v) is 2.26. The van der Waals surface area contributed by atoms with E-state index in [9.17, 15) is 10.2 Å². The van der Waals surface area contributed by atoms with Crippen LogP contribution >= 0.6 is 0 Å². The molecular weight excluding hydrogens is 248 g/mol. The molecule has 0 spiro atoms. The van der Waals surface area contributed by atoms with Crippen LogP contribution in [-0.4, -0.2) is 23.4 Å². The molecule has 0 radical (unpaired) electrons. The number of hydrogen-bond acceptors (Lipinski definition) is 2. The minimum absolute atomic E-state index is 0.148. The lowest BCUT2D eigenvalue weighted by Crippen LogP contribution is -2.00. The first kappa shape index (κ1) is 14.8. The van der Waals surface area contributed by atoms with E-state index in [2.05, 4.69) is 24.3 Å². The second-order valence-electron chi connectivity index (χ2n) is 5.42. The first-order valence-electron chi connectivity index (χ1n) is 7.07. The van der Waals surface area contributed by atoms with Crippen LogP contribution in [0.15, 0.2) is 48.5 Å². The van der Waals surface area contributed by atoms with Gasteiger partial charge in [-0.05, 0) is 22.3 Å². The van der Waals surface area contributed by atoms with Gasteiger partial charge >= 0.3 is 0 Å². The van der Waals surface area contributed by atoms with E-state index in [1.165, 1.54) is 0 Å². The average molecular weight is 270 g/mol. The number of benzene rings is 2. The summed E-state index contributed by atoms with van der Waals surface area (Å²) in [6, 6.07) is 16.6. The molecule has 2 unspecified atom stereocenters. The van der Waals surface area contributed by atoms with Crippen LogP contribution in [0.4, 0.5) is 0 Å². The predicted molar refractivity (Wildman–Crippen MR) is 82.9 cm³/mol. The molecule has 2 rings (SSSR count). The van der Waals surface area contributed by atoms with Gasteiger partial charge in [0.15, 0.2) is 0 Å². The van der Waals surface area contributed by atoms with Crippen molar-refractivity contribution in [1.82, 2.24) is 0 Å². The van der Waals surface area contributed by atoms with Gasteiger partial charge in [0, 0.05) is 25.0 Å². The molecule has 20 heavy (non-hydrogen) atoms. The molecule has 106 valence electrons. The van der Waals surface area contributed by atoms with Crippen LogP contribution in [-0.2, 0) is 0 Å². The van der Waals surface area contributed by atoms with Crippen molar-refractivity contribution in [2.75, 3.05) is 13.2 Å². The lowest BCUT2D eigenvalue weighted by molar-refractivity contribution is 0.273. The summed E-state index contributed by atoms with van der Waals surface area (Å²) in [6.07, 6.45) is 0. The van der Waals surface area contributed by atoms with Gasteiger partial charge in [-0.25, -0.2) is 0 Å². The highest BCUT2D eigenvalue weighted by atomic mass is 16.3. The van der Waals surface area contributed by atoms with Gasteiger partial charge in [-0.2, -0.15) is 0 Å². The third-order valence-electron chi connectivity index (χ3n) is 3.79. The Kier molecular flexibility index (Phi) is 4.94. The summed E-state index contributed by atoms with van der Waals surface area (Å²) in [5, 5.41) is 18.5. The van der Waals surface area contributed by atoms with Crippen molar-refractivity contribution in [3.8, 4) is 11.1 Å². The Balaban J connectivity index is 2.36. The molecule has 0 aromatic heterocycles. The van der Waals surface area contributed by atoms with Crippen LogP contribution in [0.1, 0.15) is 36.8 Å². The molecule has 0 saturated carbocycles. The smallest absolute Gasteiger partial charge is 0.0497 e. The largest absolute Gasteiger partial charge is 0.396 e. The molecule has 2 nitrogen and oxygen atoms in total. The normalized spacial score (nSPS) is 14.0. The molecule has 2 atom stereocenters. The van der Waals surface area contributed by atoms with Gasteiger partial charge in [-0.1, -0.05) is 62.4 Å². The van der Waals surface area contributed by atoms with Gasteiger partial charge in [0.05, 0.1) is 0 Å². The van der Waals surface area contributed by atoms with E-state index in [4.69, 9.17) is 0 Å². The quantitative estimate of drug-likeness (QED) is 0.872. The second-order valence-corrected chi connectivity index (χ2v) is 5.42. The summed E-state index contributed by atoms with van der Waals surface area (Å²) in [5.74, 6) is 0.295. The lowest BCUT2D eigenvalue weighted by atomic mass is 9.94. The third-order valence-corrected chi connectivity index (χ3v) is 3.79. The lowest BCUT2D eigenvalue weighted by Gasteiger charge is -2.13. The van der Waals surface area contributed by atoms with E-state index < -0.39 is 0 Å². The van der Waals surface area contributed by atoms with Crippen LogP contribution in [0, 0.1) is 0 Å². The highest BCUT2D eigenvalue weighted by molar-refractivity contribution is 5.65. The third kappa shape index (κ3) is 3.27. The molecule has 0 fully saturated rings. The van der Waals surface area contributed by atoms with Crippen molar-refractivity contribution in [3.05, 3.63) is 59.7 Å². The Hall–Kier alpha value is -1.64. The predicted octanol–water partition coefficient (Wildman–Crippen LogP) is 3.55. The van der Waals surface area contributed by atoms with E-state index in [1.54, 1.807) is 0 Å². The van der Waals surface area contributed by atoms with Crippen LogP contribution in [0.5, 0.6) is 0 Å². The Bertz CT molecular complexity index is 511. The number of aliphatic hydroxyl groups is 2. The van der Waals surface area contributed by atoms with Crippen molar-refractivity contribution >= 4 is 0 Å². The van der Waals surface area contributed by atoms with Gasteiger partial charge in [0.1, 0.15) is 0 Å². The summed E-state index contributed by atoms with van der Waals surface area (Å²) >= 11 is 0. The maximum atomic E-state index is 9.27. The van der Waals surface area contributed by atoms with Crippen molar-refractivity contribution in [3.63, 3.8) is 0 Å². The topological polar surface area (TPSA) is 40.5 Å². The minimum Gasteiger partial charge on any atom is -0.396 e. The first-order chi connectivity index (χ1) is 9.65. The van der Waals surface area contributed by atoms with Crippen molar-refractivity contribution in [2.24, 2.45) is 0 Å². The monoisotopic (exact) mass is 270 g/mol. The number of rotatable bonds is 5. The molecule has 0 aliphatic rings. The van der Waals surface area contributed by atoms with Crippen LogP contribution in [0.25, 0.3) is 11.1 Å². The summed E-state index contributed by atoms with van der Waals surface area (Å²) in [6.45, 7) is 4.35. The molecule has 2 aromatic carbocycles. The Morgan fingerprint density at radius 2 is 1.15 bits per heavy atom. The highest BCUT2D eigenvalue weighted by Crippen LogP contribution is 2.26. The SMILES string of the molecule is CC(CO)c1cccc(-c2cccc(C(C)CO)c2)c1. The van der Waals surface area contributed by atoms with Gasteiger partial charge in [-0.15, -0.1) is 0 Å². The van der Waals surface area contributed by atoms with Crippen LogP contribution in [0.2, 0.25) is 0 Å². The zero-order valence-corrected chi connectivity index (χ0v) is 12.1. The summed E-state index contributed by atoms with van der Waals surface area (Å²) in [5.41, 5.74) is 4.58. The fraction of sp³-hybridized carbons (Fsp3) is 0.333. The molecule has 0 amide bonds. The van der Waals surface area contributed by atoms with Gasteiger partial charge in [0.25, 0.3) is 0 Å². The highest BCUT2D eigenvalue weighted by Gasteiger charge is 2.08. The van der Waals surface area contributed by atoms with E-state index in [-0.39, 0.29) is 25.0 Å². The molecule has 2 N–H and O–H groups in total. The average Bonchev–Trinajstić information content (AvgIpc) is 2.53. The van der Waals surface area contributed by atoms with E-state index in [0.29, 0.717) is 0 Å². The summed E-state index contributed by atoms with van der Waals surface area (Å²) in [7, 11) is 0. The maximum Gasteiger partial charge on any atom is 0.0497 e. The molecule has 0 bridgehead atoms. The first-order valence-corrected chi connectivity index (χ1v) is 7.07. The van der Waals surface area contributed by atoms with E-state index in [0.717, 1.165) is 22.3 Å². The van der Waals surface area contributed by atoms with Gasteiger partial charge in [0.2, 0.25) is 0 Å². The zero-order valence-electron chi connectivity index (χ0n) is 12.1. The zero-order chi connectivity index (χ0) is 14.5. The molecule has 2 aromatic rings. The minimum atomic E-state index is 0.148. The fourth-order valence-electron chi connectivity index (χ4n) is 2.26. The van der Waals surface area contributed by atoms with Crippen molar-refractivity contribution in [2.45, 2.75) is 25.7 Å². The summed E-state index contributed by atoms with van der Waals surface area (Å²) < 4.78 is 0. The molecule has 0 saturated heterocycles. The Morgan fingerprint density at radius 1 is 0.750 bits per heavy atom. The molecule has 0 heterocycles. The maximum absolute atomic E-state index is 9.27. The van der Waals surface area contributed by atoms with Crippen LogP contribution in [0.3, 0.4) is 0 Å². The number of aliphatic hydroxyl groups excluding tert-OH is 2. The van der Waals surface area contributed by atoms with Crippen molar-refractivity contribution < 1.29 is 10.2 Å². The molecule has 0 aliphatic carbocycles. The number of hydrogen-bond donors (Lipinski definition) is 2.